The van der Waals surface area contributed by atoms with Crippen LogP contribution in [0.15, 0.2) is 14.7 Å². The van der Waals surface area contributed by atoms with Crippen molar-refractivity contribution < 1.29 is 8.42 Å². The van der Waals surface area contributed by atoms with Gasteiger partial charge in [0.1, 0.15) is 4.90 Å². The molecule has 0 radical (unpaired) electrons. The Bertz CT molecular complexity index is 572. The van der Waals surface area contributed by atoms with Crippen LogP contribution in [0.3, 0.4) is 0 Å². The van der Waals surface area contributed by atoms with Crippen molar-refractivity contribution in [2.24, 2.45) is 5.41 Å². The van der Waals surface area contributed by atoms with E-state index >= 15 is 0 Å². The van der Waals surface area contributed by atoms with Gasteiger partial charge in [0.05, 0.1) is 3.79 Å². The number of nitrogens with one attached hydrogen (secondary N) is 2. The molecular formula is C13H21BrN2O2S2. The van der Waals surface area contributed by atoms with E-state index < -0.39 is 10.0 Å². The molecule has 1 saturated carbocycles. The van der Waals surface area contributed by atoms with Crippen LogP contribution in [-0.4, -0.2) is 21.0 Å². The lowest BCUT2D eigenvalue weighted by Gasteiger charge is -2.18. The van der Waals surface area contributed by atoms with E-state index in [-0.39, 0.29) is 5.41 Å². The Hall–Kier alpha value is 0.0500. The molecule has 20 heavy (non-hydrogen) atoms. The lowest BCUT2D eigenvalue weighted by Crippen LogP contribution is -2.32. The average Bonchev–Trinajstić information content (AvgIpc) is 3.06. The van der Waals surface area contributed by atoms with Gasteiger partial charge in [0.15, 0.2) is 0 Å². The van der Waals surface area contributed by atoms with Crippen molar-refractivity contribution in [3.63, 3.8) is 0 Å². The van der Waals surface area contributed by atoms with Crippen molar-refractivity contribution in [3.8, 4) is 0 Å². The van der Waals surface area contributed by atoms with Crippen LogP contribution >= 0.6 is 27.3 Å². The zero-order chi connectivity index (χ0) is 15.0. The van der Waals surface area contributed by atoms with E-state index in [0.29, 0.717) is 21.3 Å². The maximum atomic E-state index is 12.3. The smallest absolute Gasteiger partial charge is 0.242 e. The molecular weight excluding hydrogens is 360 g/mol. The number of halogens is 1. The monoisotopic (exact) mass is 380 g/mol. The normalized spacial score (nSPS) is 16.6. The summed E-state index contributed by atoms with van der Waals surface area (Å²) in [7, 11) is -3.44. The minimum atomic E-state index is -3.44. The summed E-state index contributed by atoms with van der Waals surface area (Å²) in [6.07, 6.45) is 2.45. The SMILES string of the molecule is CC(C)(C)CNS(=O)(=O)c1cc(CNC2CC2)sc1Br. The topological polar surface area (TPSA) is 58.2 Å². The zero-order valence-corrected chi connectivity index (χ0v) is 15.2. The highest BCUT2D eigenvalue weighted by molar-refractivity contribution is 9.11. The van der Waals surface area contributed by atoms with Crippen LogP contribution < -0.4 is 10.0 Å². The van der Waals surface area contributed by atoms with Crippen LogP contribution in [-0.2, 0) is 16.6 Å². The molecule has 0 amide bonds. The van der Waals surface area contributed by atoms with Gasteiger partial charge in [0.2, 0.25) is 10.0 Å². The summed E-state index contributed by atoms with van der Waals surface area (Å²) in [5.74, 6) is 0. The highest BCUT2D eigenvalue weighted by atomic mass is 79.9. The molecule has 1 aliphatic rings. The molecule has 0 aromatic carbocycles. The molecule has 1 aromatic rings. The van der Waals surface area contributed by atoms with Gasteiger partial charge in [-0.15, -0.1) is 11.3 Å². The third kappa shape index (κ3) is 4.80. The van der Waals surface area contributed by atoms with Gasteiger partial charge in [-0.05, 0) is 40.3 Å². The van der Waals surface area contributed by atoms with Crippen LogP contribution in [0.4, 0.5) is 0 Å². The molecule has 0 spiro atoms. The Labute approximate surface area is 133 Å². The van der Waals surface area contributed by atoms with Gasteiger partial charge < -0.3 is 5.32 Å². The van der Waals surface area contributed by atoms with Gasteiger partial charge in [0, 0.05) is 24.0 Å². The molecule has 1 aliphatic carbocycles. The molecule has 2 rings (SSSR count). The summed E-state index contributed by atoms with van der Waals surface area (Å²) in [6.45, 7) is 7.17. The van der Waals surface area contributed by atoms with Crippen molar-refractivity contribution in [1.29, 1.82) is 0 Å². The van der Waals surface area contributed by atoms with E-state index in [2.05, 4.69) is 26.0 Å². The molecule has 114 valence electrons. The highest BCUT2D eigenvalue weighted by Gasteiger charge is 2.24. The van der Waals surface area contributed by atoms with Crippen LogP contribution in [0.5, 0.6) is 0 Å². The molecule has 0 aliphatic heterocycles. The average molecular weight is 381 g/mol. The van der Waals surface area contributed by atoms with Crippen molar-refractivity contribution >= 4 is 37.3 Å². The van der Waals surface area contributed by atoms with Gasteiger partial charge in [-0.1, -0.05) is 20.8 Å². The second-order valence-electron chi connectivity index (χ2n) is 6.39. The van der Waals surface area contributed by atoms with Crippen LogP contribution in [0.25, 0.3) is 0 Å². The summed E-state index contributed by atoms with van der Waals surface area (Å²) in [5, 5.41) is 3.40. The van der Waals surface area contributed by atoms with E-state index in [9.17, 15) is 8.42 Å². The van der Waals surface area contributed by atoms with Gasteiger partial charge in [-0.25, -0.2) is 13.1 Å². The molecule has 2 N–H and O–H groups in total. The van der Waals surface area contributed by atoms with Crippen molar-refractivity contribution in [2.75, 3.05) is 6.54 Å². The molecule has 1 fully saturated rings. The van der Waals surface area contributed by atoms with E-state index in [1.54, 1.807) is 6.07 Å². The Morgan fingerprint density at radius 2 is 2.05 bits per heavy atom. The lowest BCUT2D eigenvalue weighted by molar-refractivity contribution is 0.407. The maximum absolute atomic E-state index is 12.3. The quantitative estimate of drug-likeness (QED) is 0.796. The van der Waals surface area contributed by atoms with Gasteiger partial charge >= 0.3 is 0 Å². The minimum absolute atomic E-state index is 0.0775. The first-order valence-electron chi connectivity index (χ1n) is 6.69. The third-order valence-electron chi connectivity index (χ3n) is 2.93. The van der Waals surface area contributed by atoms with Crippen molar-refractivity contribution in [3.05, 3.63) is 14.7 Å². The fourth-order valence-corrected chi connectivity index (χ4v) is 5.51. The standard InChI is InChI=1S/C13H21BrN2O2S2/c1-13(2,3)8-16-20(17,18)11-6-10(19-12(11)14)7-15-9-4-5-9/h6,9,15-16H,4-5,7-8H2,1-3H3. The summed E-state index contributed by atoms with van der Waals surface area (Å²) in [6, 6.07) is 2.38. The zero-order valence-electron chi connectivity index (χ0n) is 12.0. The first-order chi connectivity index (χ1) is 9.17. The Kier molecular flexibility index (Phi) is 4.96. The Balaban J connectivity index is 2.05. The summed E-state index contributed by atoms with van der Waals surface area (Å²) >= 11 is 4.85. The number of sulfonamides is 1. The van der Waals surface area contributed by atoms with E-state index in [4.69, 9.17) is 0 Å². The number of thiophene rings is 1. The predicted molar refractivity (Wildman–Crippen MR) is 86.5 cm³/mol. The largest absolute Gasteiger partial charge is 0.309 e. The molecule has 1 aromatic heterocycles. The molecule has 0 unspecified atom stereocenters. The molecule has 7 heteroatoms. The molecule has 0 saturated heterocycles. The van der Waals surface area contributed by atoms with Gasteiger partial charge in [-0.2, -0.15) is 0 Å². The molecule has 4 nitrogen and oxygen atoms in total. The summed E-state index contributed by atoms with van der Waals surface area (Å²) in [5.41, 5.74) is -0.0775. The Morgan fingerprint density at radius 3 is 2.60 bits per heavy atom. The first kappa shape index (κ1) is 16.4. The fraction of sp³-hybridized carbons (Fsp3) is 0.692. The Morgan fingerprint density at radius 1 is 1.40 bits per heavy atom. The predicted octanol–water partition coefficient (Wildman–Crippen LogP) is 3.09. The third-order valence-corrected chi connectivity index (χ3v) is 6.58. The molecule has 0 atom stereocenters. The van der Waals surface area contributed by atoms with Crippen molar-refractivity contribution in [1.82, 2.24) is 10.0 Å². The summed E-state index contributed by atoms with van der Waals surface area (Å²) < 4.78 is 28.0. The van der Waals surface area contributed by atoms with Crippen LogP contribution in [0.2, 0.25) is 0 Å². The second-order valence-corrected chi connectivity index (χ2v) is 10.6. The fourth-order valence-electron chi connectivity index (χ4n) is 1.59. The lowest BCUT2D eigenvalue weighted by atomic mass is 9.98. The number of hydrogen-bond acceptors (Lipinski definition) is 4. The number of rotatable bonds is 6. The van der Waals surface area contributed by atoms with Crippen LogP contribution in [0.1, 0.15) is 38.5 Å². The second kappa shape index (κ2) is 6.04. The maximum Gasteiger partial charge on any atom is 0.242 e. The van der Waals surface area contributed by atoms with E-state index in [0.717, 1.165) is 11.4 Å². The molecule has 1 heterocycles. The van der Waals surface area contributed by atoms with E-state index in [1.807, 2.05) is 20.8 Å². The summed E-state index contributed by atoms with van der Waals surface area (Å²) in [4.78, 5) is 1.39. The van der Waals surface area contributed by atoms with Crippen molar-refractivity contribution in [2.45, 2.75) is 51.1 Å². The first-order valence-corrected chi connectivity index (χ1v) is 9.78. The van der Waals surface area contributed by atoms with Gasteiger partial charge in [-0.3, -0.25) is 0 Å². The van der Waals surface area contributed by atoms with Gasteiger partial charge in [0.25, 0.3) is 0 Å². The van der Waals surface area contributed by atoms with E-state index in [1.165, 1.54) is 24.2 Å². The highest BCUT2D eigenvalue weighted by Crippen LogP contribution is 2.32. The number of hydrogen-bond donors (Lipinski definition) is 2. The van der Waals surface area contributed by atoms with Crippen LogP contribution in [0, 0.1) is 5.41 Å². The molecule has 0 bridgehead atoms. The minimum Gasteiger partial charge on any atom is -0.309 e.